The summed E-state index contributed by atoms with van der Waals surface area (Å²) in [6, 6.07) is 16.9. The maximum Gasteiger partial charge on any atom is 0.173 e. The van der Waals surface area contributed by atoms with Crippen molar-refractivity contribution in [3.05, 3.63) is 59.9 Å². The van der Waals surface area contributed by atoms with Gasteiger partial charge in [-0.25, -0.2) is 4.68 Å². The molecule has 0 radical (unpaired) electrons. The number of nitrogens with zero attached hydrogens (tertiary/aromatic N) is 7. The molecule has 0 bridgehead atoms. The SMILES string of the molecule is COCCn1nnnc1[C@@H](c1ccc(N(C)C)cc1)N1CCN(c2ccc(OC)cc2)CC1. The molecule has 1 aliphatic heterocycles. The van der Waals surface area contributed by atoms with Crippen molar-refractivity contribution >= 4 is 11.4 Å². The van der Waals surface area contributed by atoms with E-state index in [0.29, 0.717) is 13.2 Å². The highest BCUT2D eigenvalue weighted by Gasteiger charge is 2.30. The summed E-state index contributed by atoms with van der Waals surface area (Å²) in [7, 11) is 7.49. The van der Waals surface area contributed by atoms with E-state index in [-0.39, 0.29) is 6.04 Å². The molecule has 9 heteroatoms. The Balaban J connectivity index is 1.57. The summed E-state index contributed by atoms with van der Waals surface area (Å²) in [5, 5.41) is 12.7. The van der Waals surface area contributed by atoms with E-state index in [1.807, 2.05) is 16.8 Å². The number of benzene rings is 2. The number of tetrazole rings is 1. The lowest BCUT2D eigenvalue weighted by atomic mass is 10.0. The molecule has 1 aromatic heterocycles. The van der Waals surface area contributed by atoms with Crippen LogP contribution in [-0.4, -0.2) is 86.2 Å². The van der Waals surface area contributed by atoms with Gasteiger partial charge >= 0.3 is 0 Å². The van der Waals surface area contributed by atoms with Gasteiger partial charge in [0.25, 0.3) is 0 Å². The number of hydrogen-bond acceptors (Lipinski definition) is 8. The molecule has 33 heavy (non-hydrogen) atoms. The third-order valence-electron chi connectivity index (χ3n) is 6.15. The predicted octanol–water partition coefficient (Wildman–Crippen LogP) is 2.31. The lowest BCUT2D eigenvalue weighted by molar-refractivity contribution is 0.172. The third-order valence-corrected chi connectivity index (χ3v) is 6.15. The van der Waals surface area contributed by atoms with E-state index in [2.05, 4.69) is 80.7 Å². The topological polar surface area (TPSA) is 71.8 Å². The van der Waals surface area contributed by atoms with Gasteiger partial charge in [0.1, 0.15) is 5.75 Å². The fraction of sp³-hybridized carbons (Fsp3) is 0.458. The fourth-order valence-electron chi connectivity index (χ4n) is 4.25. The van der Waals surface area contributed by atoms with Crippen LogP contribution < -0.4 is 14.5 Å². The lowest BCUT2D eigenvalue weighted by Gasteiger charge is -2.40. The van der Waals surface area contributed by atoms with Gasteiger partial charge in [0.05, 0.1) is 26.3 Å². The number of methoxy groups -OCH3 is 2. The summed E-state index contributed by atoms with van der Waals surface area (Å²) in [5.74, 6) is 1.73. The Morgan fingerprint density at radius 3 is 2.24 bits per heavy atom. The van der Waals surface area contributed by atoms with Crippen LogP contribution >= 0.6 is 0 Å². The van der Waals surface area contributed by atoms with Crippen LogP contribution in [0.2, 0.25) is 0 Å². The van der Waals surface area contributed by atoms with E-state index in [0.717, 1.165) is 37.8 Å². The first kappa shape index (κ1) is 23.0. The second-order valence-electron chi connectivity index (χ2n) is 8.36. The highest BCUT2D eigenvalue weighted by molar-refractivity contribution is 5.50. The zero-order valence-electron chi connectivity index (χ0n) is 19.9. The molecule has 176 valence electrons. The van der Waals surface area contributed by atoms with Crippen LogP contribution in [0, 0.1) is 0 Å². The summed E-state index contributed by atoms with van der Waals surface area (Å²) in [4.78, 5) is 6.99. The minimum atomic E-state index is -0.0221. The summed E-state index contributed by atoms with van der Waals surface area (Å²) >= 11 is 0. The molecule has 0 N–H and O–H groups in total. The molecule has 1 saturated heterocycles. The number of rotatable bonds is 9. The minimum Gasteiger partial charge on any atom is -0.497 e. The number of hydrogen-bond donors (Lipinski definition) is 0. The van der Waals surface area contributed by atoms with Crippen LogP contribution in [0.25, 0.3) is 0 Å². The number of anilines is 2. The fourth-order valence-corrected chi connectivity index (χ4v) is 4.25. The molecular weight excluding hydrogens is 418 g/mol. The van der Waals surface area contributed by atoms with E-state index in [1.54, 1.807) is 14.2 Å². The van der Waals surface area contributed by atoms with Gasteiger partial charge in [-0.1, -0.05) is 12.1 Å². The standard InChI is InChI=1S/C24H33N7O2/c1-28(2)20-7-5-19(6-8-20)23(24-25-26-27-31(24)17-18-32-3)30-15-13-29(14-16-30)21-9-11-22(33-4)12-10-21/h5-12,23H,13-18H2,1-4H3/t23-/m1/s1. The number of aromatic nitrogens is 4. The summed E-state index contributed by atoms with van der Waals surface area (Å²) in [5.41, 5.74) is 3.57. The molecule has 0 aliphatic carbocycles. The molecule has 0 saturated carbocycles. The van der Waals surface area contributed by atoms with Gasteiger partial charge < -0.3 is 19.3 Å². The molecule has 0 spiro atoms. The van der Waals surface area contributed by atoms with Gasteiger partial charge in [0.15, 0.2) is 5.82 Å². The highest BCUT2D eigenvalue weighted by Crippen LogP contribution is 2.30. The van der Waals surface area contributed by atoms with Crippen molar-refractivity contribution in [2.75, 3.05) is 70.9 Å². The van der Waals surface area contributed by atoms with E-state index in [4.69, 9.17) is 9.47 Å². The Labute approximate surface area is 195 Å². The Morgan fingerprint density at radius 2 is 1.64 bits per heavy atom. The molecule has 4 rings (SSSR count). The summed E-state index contributed by atoms with van der Waals surface area (Å²) < 4.78 is 12.4. The molecular formula is C24H33N7O2. The Kier molecular flexibility index (Phi) is 7.41. The largest absolute Gasteiger partial charge is 0.497 e. The summed E-state index contributed by atoms with van der Waals surface area (Å²) in [6.07, 6.45) is 0. The third kappa shape index (κ3) is 5.26. The summed E-state index contributed by atoms with van der Waals surface area (Å²) in [6.45, 7) is 4.86. The maximum absolute atomic E-state index is 5.30. The number of piperazine rings is 1. The minimum absolute atomic E-state index is 0.0221. The second-order valence-corrected chi connectivity index (χ2v) is 8.36. The van der Waals surface area contributed by atoms with Gasteiger partial charge in [-0.15, -0.1) is 5.10 Å². The highest BCUT2D eigenvalue weighted by atomic mass is 16.5. The average molecular weight is 452 g/mol. The molecule has 3 aromatic rings. The van der Waals surface area contributed by atoms with Crippen molar-refractivity contribution in [3.63, 3.8) is 0 Å². The smallest absolute Gasteiger partial charge is 0.173 e. The molecule has 1 aliphatic rings. The van der Waals surface area contributed by atoms with Crippen LogP contribution in [0.3, 0.4) is 0 Å². The molecule has 0 unspecified atom stereocenters. The first-order valence-corrected chi connectivity index (χ1v) is 11.3. The Hall–Kier alpha value is -3.17. The average Bonchev–Trinajstić information content (AvgIpc) is 3.31. The van der Waals surface area contributed by atoms with E-state index >= 15 is 0 Å². The predicted molar refractivity (Wildman–Crippen MR) is 129 cm³/mol. The van der Waals surface area contributed by atoms with Crippen LogP contribution in [0.15, 0.2) is 48.5 Å². The van der Waals surface area contributed by atoms with E-state index in [9.17, 15) is 0 Å². The second kappa shape index (κ2) is 10.6. The first-order valence-electron chi connectivity index (χ1n) is 11.3. The van der Waals surface area contributed by atoms with Crippen molar-refractivity contribution in [1.82, 2.24) is 25.1 Å². The molecule has 2 aromatic carbocycles. The van der Waals surface area contributed by atoms with Crippen molar-refractivity contribution in [2.24, 2.45) is 0 Å². The Bertz CT molecular complexity index is 996. The zero-order chi connectivity index (χ0) is 23.2. The van der Waals surface area contributed by atoms with Gasteiger partial charge in [0, 0.05) is 58.8 Å². The Morgan fingerprint density at radius 1 is 0.939 bits per heavy atom. The monoisotopic (exact) mass is 451 g/mol. The van der Waals surface area contributed by atoms with Gasteiger partial charge in [0.2, 0.25) is 0 Å². The maximum atomic E-state index is 5.30. The van der Waals surface area contributed by atoms with Crippen LogP contribution in [-0.2, 0) is 11.3 Å². The van der Waals surface area contributed by atoms with Gasteiger partial charge in [-0.3, -0.25) is 4.90 Å². The molecule has 2 heterocycles. The van der Waals surface area contributed by atoms with Crippen molar-refractivity contribution in [3.8, 4) is 5.75 Å². The normalized spacial score (nSPS) is 15.5. The van der Waals surface area contributed by atoms with Crippen molar-refractivity contribution in [2.45, 2.75) is 12.6 Å². The molecule has 9 nitrogen and oxygen atoms in total. The van der Waals surface area contributed by atoms with E-state index < -0.39 is 0 Å². The lowest BCUT2D eigenvalue weighted by Crippen LogP contribution is -2.48. The van der Waals surface area contributed by atoms with Crippen LogP contribution in [0.5, 0.6) is 5.75 Å². The number of ether oxygens (including phenoxy) is 2. The van der Waals surface area contributed by atoms with E-state index in [1.165, 1.54) is 16.9 Å². The quantitative estimate of drug-likeness (QED) is 0.491. The molecule has 1 atom stereocenters. The van der Waals surface area contributed by atoms with Crippen LogP contribution in [0.1, 0.15) is 17.4 Å². The van der Waals surface area contributed by atoms with Gasteiger partial charge in [-0.05, 0) is 52.4 Å². The zero-order valence-corrected chi connectivity index (χ0v) is 19.9. The van der Waals surface area contributed by atoms with Crippen molar-refractivity contribution < 1.29 is 9.47 Å². The van der Waals surface area contributed by atoms with Crippen LogP contribution in [0.4, 0.5) is 11.4 Å². The first-order chi connectivity index (χ1) is 16.1. The van der Waals surface area contributed by atoms with Crippen molar-refractivity contribution in [1.29, 1.82) is 0 Å². The molecule has 0 amide bonds. The molecule has 1 fully saturated rings. The van der Waals surface area contributed by atoms with Gasteiger partial charge in [-0.2, -0.15) is 0 Å².